The summed E-state index contributed by atoms with van der Waals surface area (Å²) < 4.78 is 40.9. The first-order valence-electron chi connectivity index (χ1n) is 7.92. The van der Waals surface area contributed by atoms with E-state index in [4.69, 9.17) is 0 Å². The van der Waals surface area contributed by atoms with Gasteiger partial charge in [0, 0.05) is 19.1 Å². The first-order chi connectivity index (χ1) is 10.5. The average molecular weight is 327 g/mol. The molecule has 5 nitrogen and oxygen atoms in total. The van der Waals surface area contributed by atoms with E-state index in [0.717, 1.165) is 38.6 Å². The number of anilines is 1. The lowest BCUT2D eigenvalue weighted by Crippen LogP contribution is -2.48. The Balaban J connectivity index is 1.67. The Bertz CT molecular complexity index is 600. The van der Waals surface area contributed by atoms with Gasteiger partial charge in [-0.3, -0.25) is 0 Å². The van der Waals surface area contributed by atoms with Gasteiger partial charge in [-0.2, -0.15) is 0 Å². The molecular formula is C15H22FN3O2S. The van der Waals surface area contributed by atoms with Gasteiger partial charge in [0.2, 0.25) is 10.0 Å². The summed E-state index contributed by atoms with van der Waals surface area (Å²) in [5, 5.41) is -0.422. The van der Waals surface area contributed by atoms with Crippen LogP contribution in [0.3, 0.4) is 0 Å². The topological polar surface area (TPSA) is 62.3 Å². The minimum atomic E-state index is -3.31. The van der Waals surface area contributed by atoms with Crippen LogP contribution in [-0.2, 0) is 10.0 Å². The number of pyridine rings is 1. The van der Waals surface area contributed by atoms with E-state index in [9.17, 15) is 12.8 Å². The Kier molecular flexibility index (Phi) is 4.63. The van der Waals surface area contributed by atoms with Crippen molar-refractivity contribution in [3.63, 3.8) is 0 Å². The molecule has 1 aliphatic carbocycles. The fourth-order valence-corrected chi connectivity index (χ4v) is 5.07. The average Bonchev–Trinajstić information content (AvgIpc) is 3.00. The van der Waals surface area contributed by atoms with Gasteiger partial charge in [-0.05, 0) is 37.8 Å². The van der Waals surface area contributed by atoms with Gasteiger partial charge in [0.05, 0.1) is 11.4 Å². The van der Waals surface area contributed by atoms with Crippen LogP contribution in [0.15, 0.2) is 18.3 Å². The van der Waals surface area contributed by atoms with E-state index in [1.165, 1.54) is 12.3 Å². The maximum absolute atomic E-state index is 13.0. The van der Waals surface area contributed by atoms with Crippen LogP contribution in [0.5, 0.6) is 0 Å². The summed E-state index contributed by atoms with van der Waals surface area (Å²) in [5.74, 6) is 0.259. The molecule has 0 radical (unpaired) electrons. The highest BCUT2D eigenvalue weighted by Gasteiger charge is 2.33. The molecule has 0 aromatic carbocycles. The zero-order valence-corrected chi connectivity index (χ0v) is 13.4. The molecule has 1 aliphatic heterocycles. The lowest BCUT2D eigenvalue weighted by Gasteiger charge is -2.33. The van der Waals surface area contributed by atoms with Crippen molar-refractivity contribution in [2.75, 3.05) is 18.0 Å². The normalized spacial score (nSPS) is 23.9. The van der Waals surface area contributed by atoms with Gasteiger partial charge in [0.1, 0.15) is 11.6 Å². The van der Waals surface area contributed by atoms with Crippen molar-refractivity contribution in [2.45, 2.75) is 49.8 Å². The van der Waals surface area contributed by atoms with Crippen molar-refractivity contribution in [3.05, 3.63) is 24.1 Å². The second-order valence-electron chi connectivity index (χ2n) is 6.19. The number of piperidine rings is 1. The highest BCUT2D eigenvalue weighted by molar-refractivity contribution is 7.90. The molecule has 7 heteroatoms. The molecule has 2 heterocycles. The highest BCUT2D eigenvalue weighted by atomic mass is 32.2. The van der Waals surface area contributed by atoms with Crippen LogP contribution < -0.4 is 9.62 Å². The monoisotopic (exact) mass is 327 g/mol. The van der Waals surface area contributed by atoms with Crippen molar-refractivity contribution >= 4 is 15.8 Å². The van der Waals surface area contributed by atoms with E-state index in [2.05, 4.69) is 9.71 Å². The standard InChI is InChI=1S/C15H22FN3O2S/c16-12-7-8-15(17-10-12)19-9-3-6-14(11-19)22(20,21)18-13-4-1-2-5-13/h7-8,10,13-14,18H,1-6,9,11H2. The fraction of sp³-hybridized carbons (Fsp3) is 0.667. The molecule has 0 bridgehead atoms. The van der Waals surface area contributed by atoms with Crippen LogP contribution in [0.25, 0.3) is 0 Å². The summed E-state index contributed by atoms with van der Waals surface area (Å²) in [6.07, 6.45) is 6.72. The number of halogens is 1. The van der Waals surface area contributed by atoms with E-state index in [1.54, 1.807) is 6.07 Å². The van der Waals surface area contributed by atoms with Gasteiger partial charge in [0.15, 0.2) is 0 Å². The molecule has 1 aromatic rings. The van der Waals surface area contributed by atoms with Crippen molar-refractivity contribution in [2.24, 2.45) is 0 Å². The molecule has 2 fully saturated rings. The number of sulfonamides is 1. The molecule has 2 aliphatic rings. The Hall–Kier alpha value is -1.21. The smallest absolute Gasteiger partial charge is 0.216 e. The van der Waals surface area contributed by atoms with Gasteiger partial charge < -0.3 is 4.90 Å². The van der Waals surface area contributed by atoms with Crippen LogP contribution in [0.1, 0.15) is 38.5 Å². The Morgan fingerprint density at radius 2 is 1.95 bits per heavy atom. The Morgan fingerprint density at radius 3 is 2.64 bits per heavy atom. The molecule has 1 atom stereocenters. The molecule has 22 heavy (non-hydrogen) atoms. The first-order valence-corrected chi connectivity index (χ1v) is 9.47. The summed E-state index contributed by atoms with van der Waals surface area (Å²) in [6.45, 7) is 1.18. The molecule has 3 rings (SSSR count). The molecular weight excluding hydrogens is 305 g/mol. The van der Waals surface area contributed by atoms with E-state index in [-0.39, 0.29) is 11.9 Å². The number of hydrogen-bond acceptors (Lipinski definition) is 4. The third kappa shape index (κ3) is 3.57. The summed E-state index contributed by atoms with van der Waals surface area (Å²) in [4.78, 5) is 5.99. The Morgan fingerprint density at radius 1 is 1.18 bits per heavy atom. The molecule has 1 N–H and O–H groups in total. The van der Waals surface area contributed by atoms with E-state index in [1.807, 2.05) is 4.90 Å². The number of aromatic nitrogens is 1. The molecule has 1 saturated carbocycles. The fourth-order valence-electron chi connectivity index (χ4n) is 3.33. The molecule has 1 saturated heterocycles. The van der Waals surface area contributed by atoms with Crippen molar-refractivity contribution < 1.29 is 12.8 Å². The van der Waals surface area contributed by atoms with Crippen molar-refractivity contribution in [1.29, 1.82) is 0 Å². The highest BCUT2D eigenvalue weighted by Crippen LogP contribution is 2.24. The van der Waals surface area contributed by atoms with Crippen LogP contribution in [-0.4, -0.2) is 37.8 Å². The van der Waals surface area contributed by atoms with Crippen LogP contribution in [0, 0.1) is 5.82 Å². The summed E-state index contributed by atoms with van der Waals surface area (Å²) in [5.41, 5.74) is 0. The predicted octanol–water partition coefficient (Wildman–Crippen LogP) is 2.05. The predicted molar refractivity (Wildman–Crippen MR) is 83.7 cm³/mol. The minimum absolute atomic E-state index is 0.101. The number of hydrogen-bond donors (Lipinski definition) is 1. The van der Waals surface area contributed by atoms with Gasteiger partial charge in [-0.15, -0.1) is 0 Å². The lowest BCUT2D eigenvalue weighted by molar-refractivity contribution is 0.504. The number of nitrogens with one attached hydrogen (secondary N) is 1. The quantitative estimate of drug-likeness (QED) is 0.919. The van der Waals surface area contributed by atoms with E-state index >= 15 is 0 Å². The molecule has 0 amide bonds. The van der Waals surface area contributed by atoms with Gasteiger partial charge in [-0.25, -0.2) is 22.5 Å². The molecule has 1 unspecified atom stereocenters. The summed E-state index contributed by atoms with van der Waals surface area (Å²) >= 11 is 0. The van der Waals surface area contributed by atoms with E-state index in [0.29, 0.717) is 18.8 Å². The minimum Gasteiger partial charge on any atom is -0.355 e. The van der Waals surface area contributed by atoms with Gasteiger partial charge >= 0.3 is 0 Å². The van der Waals surface area contributed by atoms with Crippen LogP contribution >= 0.6 is 0 Å². The van der Waals surface area contributed by atoms with E-state index < -0.39 is 15.3 Å². The lowest BCUT2D eigenvalue weighted by atomic mass is 10.1. The summed E-state index contributed by atoms with van der Waals surface area (Å²) in [6, 6.07) is 3.07. The Labute approximate surface area is 131 Å². The number of nitrogens with zero attached hydrogens (tertiary/aromatic N) is 2. The van der Waals surface area contributed by atoms with Crippen molar-refractivity contribution in [3.8, 4) is 0 Å². The third-order valence-electron chi connectivity index (χ3n) is 4.54. The third-order valence-corrected chi connectivity index (χ3v) is 6.46. The summed E-state index contributed by atoms with van der Waals surface area (Å²) in [7, 11) is -3.31. The SMILES string of the molecule is O=S(=O)(NC1CCCC1)C1CCCN(c2ccc(F)cn2)C1. The largest absolute Gasteiger partial charge is 0.355 e. The number of rotatable bonds is 4. The first kappa shape index (κ1) is 15.7. The maximum Gasteiger partial charge on any atom is 0.216 e. The van der Waals surface area contributed by atoms with Gasteiger partial charge in [-0.1, -0.05) is 12.8 Å². The van der Waals surface area contributed by atoms with Crippen molar-refractivity contribution in [1.82, 2.24) is 9.71 Å². The van der Waals surface area contributed by atoms with Crippen LogP contribution in [0.4, 0.5) is 10.2 Å². The maximum atomic E-state index is 13.0. The molecule has 122 valence electrons. The second-order valence-corrected chi connectivity index (χ2v) is 8.18. The second kappa shape index (κ2) is 6.50. The zero-order chi connectivity index (χ0) is 15.6. The van der Waals surface area contributed by atoms with Crippen LogP contribution in [0.2, 0.25) is 0 Å². The molecule has 0 spiro atoms. The van der Waals surface area contributed by atoms with Gasteiger partial charge in [0.25, 0.3) is 0 Å². The zero-order valence-electron chi connectivity index (χ0n) is 12.5. The molecule has 1 aromatic heterocycles.